The van der Waals surface area contributed by atoms with E-state index in [1.807, 2.05) is 68.5 Å². The number of benzene rings is 2. The SMILES string of the molecule is CCCCCCCNC(=O)N(C)c1cccc(-c2ccc(/C=C(\CCC)C(=O)OCC)cc2)c1. The van der Waals surface area contributed by atoms with Crippen molar-refractivity contribution in [2.75, 3.05) is 25.1 Å². The molecule has 0 saturated carbocycles. The van der Waals surface area contributed by atoms with E-state index in [-0.39, 0.29) is 12.0 Å². The Hall–Kier alpha value is -3.08. The molecule has 5 nitrogen and oxygen atoms in total. The molecule has 2 aromatic carbocycles. The van der Waals surface area contributed by atoms with E-state index in [1.165, 1.54) is 19.3 Å². The molecule has 184 valence electrons. The van der Waals surface area contributed by atoms with Gasteiger partial charge in [0.25, 0.3) is 0 Å². The minimum atomic E-state index is -0.247. The third kappa shape index (κ3) is 8.69. The Kier molecular flexibility index (Phi) is 11.9. The number of amides is 2. The minimum Gasteiger partial charge on any atom is -0.463 e. The van der Waals surface area contributed by atoms with E-state index in [0.717, 1.165) is 41.6 Å². The Morgan fingerprint density at radius 3 is 2.32 bits per heavy atom. The van der Waals surface area contributed by atoms with Gasteiger partial charge in [0.2, 0.25) is 0 Å². The second kappa shape index (κ2) is 14.9. The molecule has 0 spiro atoms. The van der Waals surface area contributed by atoms with Gasteiger partial charge in [0.15, 0.2) is 0 Å². The van der Waals surface area contributed by atoms with E-state index in [2.05, 4.69) is 12.2 Å². The summed E-state index contributed by atoms with van der Waals surface area (Å²) in [6, 6.07) is 16.0. The van der Waals surface area contributed by atoms with Crippen molar-refractivity contribution in [3.8, 4) is 11.1 Å². The summed E-state index contributed by atoms with van der Waals surface area (Å²) in [4.78, 5) is 26.4. The monoisotopic (exact) mass is 464 g/mol. The molecule has 0 saturated heterocycles. The molecule has 0 aromatic heterocycles. The van der Waals surface area contributed by atoms with E-state index in [1.54, 1.807) is 11.9 Å². The Balaban J connectivity index is 2.05. The molecule has 0 unspecified atom stereocenters. The number of carbonyl (C=O) groups excluding carboxylic acids is 2. The molecule has 0 atom stereocenters. The van der Waals surface area contributed by atoms with E-state index >= 15 is 0 Å². The maximum Gasteiger partial charge on any atom is 0.334 e. The molecule has 0 aliphatic rings. The van der Waals surface area contributed by atoms with Gasteiger partial charge in [0.05, 0.1) is 6.61 Å². The summed E-state index contributed by atoms with van der Waals surface area (Å²) in [6.07, 6.45) is 9.34. The highest BCUT2D eigenvalue weighted by atomic mass is 16.5. The second-order valence-electron chi connectivity index (χ2n) is 8.52. The van der Waals surface area contributed by atoms with Gasteiger partial charge in [-0.05, 0) is 54.7 Å². The van der Waals surface area contributed by atoms with Gasteiger partial charge in [0.1, 0.15) is 0 Å². The third-order valence-electron chi connectivity index (χ3n) is 5.74. The van der Waals surface area contributed by atoms with Crippen LogP contribution in [0.3, 0.4) is 0 Å². The van der Waals surface area contributed by atoms with Gasteiger partial charge in [-0.25, -0.2) is 9.59 Å². The topological polar surface area (TPSA) is 58.6 Å². The van der Waals surface area contributed by atoms with Crippen molar-refractivity contribution in [3.63, 3.8) is 0 Å². The molecule has 2 rings (SSSR count). The maximum atomic E-state index is 12.6. The molecule has 0 heterocycles. The van der Waals surface area contributed by atoms with Crippen LogP contribution in [-0.4, -0.2) is 32.2 Å². The number of esters is 1. The first-order valence-corrected chi connectivity index (χ1v) is 12.6. The number of ether oxygens (including phenoxy) is 1. The fraction of sp³-hybridized carbons (Fsp3) is 0.448. The predicted molar refractivity (Wildman–Crippen MR) is 142 cm³/mol. The van der Waals surface area contributed by atoms with Crippen LogP contribution < -0.4 is 10.2 Å². The fourth-order valence-electron chi connectivity index (χ4n) is 3.75. The fourth-order valence-corrected chi connectivity index (χ4v) is 3.75. The van der Waals surface area contributed by atoms with Crippen LogP contribution in [-0.2, 0) is 9.53 Å². The summed E-state index contributed by atoms with van der Waals surface area (Å²) in [6.45, 7) is 7.15. The second-order valence-corrected chi connectivity index (χ2v) is 8.52. The number of nitrogens with one attached hydrogen (secondary N) is 1. The Morgan fingerprint density at radius 1 is 0.912 bits per heavy atom. The van der Waals surface area contributed by atoms with Crippen LogP contribution in [0.4, 0.5) is 10.5 Å². The highest BCUT2D eigenvalue weighted by Crippen LogP contribution is 2.25. The van der Waals surface area contributed by atoms with Crippen molar-refractivity contribution in [2.45, 2.75) is 65.7 Å². The molecule has 0 aliphatic carbocycles. The largest absolute Gasteiger partial charge is 0.463 e. The van der Waals surface area contributed by atoms with Gasteiger partial charge in [-0.1, -0.05) is 82.3 Å². The molecule has 2 amide bonds. The Morgan fingerprint density at radius 2 is 1.65 bits per heavy atom. The first-order chi connectivity index (χ1) is 16.5. The number of nitrogens with zero attached hydrogens (tertiary/aromatic N) is 1. The summed E-state index contributed by atoms with van der Waals surface area (Å²) in [5.41, 5.74) is 4.59. The molecule has 34 heavy (non-hydrogen) atoms. The van der Waals surface area contributed by atoms with Crippen molar-refractivity contribution in [2.24, 2.45) is 0 Å². The lowest BCUT2D eigenvalue weighted by atomic mass is 10.0. The highest BCUT2D eigenvalue weighted by Gasteiger charge is 2.12. The molecule has 1 N–H and O–H groups in total. The van der Waals surface area contributed by atoms with Crippen LogP contribution in [0.1, 0.15) is 71.3 Å². The minimum absolute atomic E-state index is 0.0875. The number of anilines is 1. The number of unbranched alkanes of at least 4 members (excludes halogenated alkanes) is 4. The number of rotatable bonds is 13. The molecule has 0 bridgehead atoms. The smallest absolute Gasteiger partial charge is 0.334 e. The van der Waals surface area contributed by atoms with Crippen LogP contribution in [0.2, 0.25) is 0 Å². The van der Waals surface area contributed by atoms with Crippen LogP contribution in [0.15, 0.2) is 54.1 Å². The number of carbonyl (C=O) groups is 2. The normalized spacial score (nSPS) is 11.2. The average Bonchev–Trinajstić information content (AvgIpc) is 2.86. The summed E-state index contributed by atoms with van der Waals surface area (Å²) < 4.78 is 5.18. The summed E-state index contributed by atoms with van der Waals surface area (Å²) in [5, 5.41) is 3.01. The van der Waals surface area contributed by atoms with Gasteiger partial charge in [-0.2, -0.15) is 0 Å². The van der Waals surface area contributed by atoms with Gasteiger partial charge < -0.3 is 10.1 Å². The number of hydrogen-bond donors (Lipinski definition) is 1. The van der Waals surface area contributed by atoms with Crippen molar-refractivity contribution >= 4 is 23.8 Å². The van der Waals surface area contributed by atoms with Crippen molar-refractivity contribution in [1.29, 1.82) is 0 Å². The lowest BCUT2D eigenvalue weighted by Gasteiger charge is -2.19. The quantitative estimate of drug-likeness (QED) is 0.193. The molecule has 5 heteroatoms. The number of urea groups is 1. The van der Waals surface area contributed by atoms with Crippen molar-refractivity contribution in [3.05, 3.63) is 59.7 Å². The van der Waals surface area contributed by atoms with Crippen LogP contribution in [0, 0.1) is 0 Å². The predicted octanol–water partition coefficient (Wildman–Crippen LogP) is 7.22. The van der Waals surface area contributed by atoms with Gasteiger partial charge in [-0.3, -0.25) is 4.90 Å². The first kappa shape index (κ1) is 27.2. The number of hydrogen-bond acceptors (Lipinski definition) is 3. The summed E-state index contributed by atoms with van der Waals surface area (Å²) >= 11 is 0. The van der Waals surface area contributed by atoms with E-state index in [0.29, 0.717) is 25.1 Å². The van der Waals surface area contributed by atoms with Crippen molar-refractivity contribution < 1.29 is 14.3 Å². The molecule has 0 aliphatic heterocycles. The third-order valence-corrected chi connectivity index (χ3v) is 5.74. The van der Waals surface area contributed by atoms with Gasteiger partial charge >= 0.3 is 12.0 Å². The lowest BCUT2D eigenvalue weighted by molar-refractivity contribution is -0.138. The average molecular weight is 465 g/mol. The first-order valence-electron chi connectivity index (χ1n) is 12.6. The molecule has 2 aromatic rings. The molecule has 0 radical (unpaired) electrons. The summed E-state index contributed by atoms with van der Waals surface area (Å²) in [7, 11) is 1.80. The molecular weight excluding hydrogens is 424 g/mol. The van der Waals surface area contributed by atoms with Crippen LogP contribution in [0.5, 0.6) is 0 Å². The molecular formula is C29H40N2O3. The lowest BCUT2D eigenvalue weighted by Crippen LogP contribution is -2.37. The van der Waals surface area contributed by atoms with Crippen LogP contribution >= 0.6 is 0 Å². The van der Waals surface area contributed by atoms with Crippen LogP contribution in [0.25, 0.3) is 17.2 Å². The van der Waals surface area contributed by atoms with E-state index in [9.17, 15) is 9.59 Å². The standard InChI is InChI=1S/C29H40N2O3/c1-5-8-9-10-11-20-30-29(33)31(4)27-15-12-14-25(22-27)24-18-16-23(17-19-24)21-26(13-6-2)28(32)34-7-3/h12,14-19,21-22H,5-11,13,20H2,1-4H3,(H,30,33)/b26-21+. The van der Waals surface area contributed by atoms with Gasteiger partial charge in [-0.15, -0.1) is 0 Å². The summed E-state index contributed by atoms with van der Waals surface area (Å²) in [5.74, 6) is -0.247. The Labute approximate surface area is 205 Å². The van der Waals surface area contributed by atoms with E-state index < -0.39 is 0 Å². The molecule has 0 fully saturated rings. The van der Waals surface area contributed by atoms with Gasteiger partial charge in [0, 0.05) is 24.9 Å². The zero-order valence-electron chi connectivity index (χ0n) is 21.2. The van der Waals surface area contributed by atoms with E-state index in [4.69, 9.17) is 4.74 Å². The zero-order chi connectivity index (χ0) is 24.8. The van der Waals surface area contributed by atoms with Crippen molar-refractivity contribution in [1.82, 2.24) is 5.32 Å². The maximum absolute atomic E-state index is 12.6. The Bertz CT molecular complexity index is 935. The zero-order valence-corrected chi connectivity index (χ0v) is 21.2. The highest BCUT2D eigenvalue weighted by molar-refractivity contribution is 5.94.